The zero-order valence-electron chi connectivity index (χ0n) is 24.8. The van der Waals surface area contributed by atoms with Crippen LogP contribution in [0.4, 0.5) is 0 Å². The molecule has 2 bridgehead atoms. The van der Waals surface area contributed by atoms with Crippen LogP contribution in [-0.4, -0.2) is 61.1 Å². The normalized spacial score (nSPS) is 29.8. The van der Waals surface area contributed by atoms with Gasteiger partial charge in [0.2, 0.25) is 17.7 Å². The number of amides is 3. The number of carbonyl (C=O) groups is 3. The van der Waals surface area contributed by atoms with E-state index in [9.17, 15) is 14.4 Å². The van der Waals surface area contributed by atoms with Crippen molar-refractivity contribution in [3.8, 4) is 0 Å². The highest BCUT2D eigenvalue weighted by molar-refractivity contribution is 6.48. The van der Waals surface area contributed by atoms with Crippen LogP contribution in [0.2, 0.25) is 0 Å². The van der Waals surface area contributed by atoms with Crippen molar-refractivity contribution in [2.45, 2.75) is 124 Å². The molecule has 10 heteroatoms. The highest BCUT2D eigenvalue weighted by atomic mass is 16.7. The van der Waals surface area contributed by atoms with Gasteiger partial charge in [-0.15, -0.1) is 0 Å². The Labute approximate surface area is 229 Å². The van der Waals surface area contributed by atoms with E-state index in [0.29, 0.717) is 43.6 Å². The Morgan fingerprint density at radius 1 is 0.947 bits per heavy atom. The lowest BCUT2D eigenvalue weighted by Crippen LogP contribution is -2.65. The Balaban J connectivity index is 1.70. The van der Waals surface area contributed by atoms with Crippen LogP contribution in [0, 0.1) is 29.1 Å². The summed E-state index contributed by atoms with van der Waals surface area (Å²) in [7, 11) is -0.531. The van der Waals surface area contributed by atoms with Gasteiger partial charge in [0.1, 0.15) is 12.1 Å². The van der Waals surface area contributed by atoms with Crippen LogP contribution in [0.1, 0.15) is 93.9 Å². The summed E-state index contributed by atoms with van der Waals surface area (Å²) < 4.78 is 13.2. The topological polar surface area (TPSA) is 132 Å². The molecule has 3 saturated carbocycles. The van der Waals surface area contributed by atoms with Gasteiger partial charge in [-0.1, -0.05) is 41.5 Å². The van der Waals surface area contributed by atoms with Gasteiger partial charge in [0, 0.05) is 5.92 Å². The van der Waals surface area contributed by atoms with Gasteiger partial charge >= 0.3 is 7.12 Å². The van der Waals surface area contributed by atoms with Crippen LogP contribution in [0.15, 0.2) is 0 Å². The molecule has 9 nitrogen and oxygen atoms in total. The predicted octanol–water partition coefficient (Wildman–Crippen LogP) is 2.56. The van der Waals surface area contributed by atoms with E-state index in [1.165, 1.54) is 0 Å². The van der Waals surface area contributed by atoms with Crippen molar-refractivity contribution in [1.82, 2.24) is 16.0 Å². The number of hydrogen-bond acceptors (Lipinski definition) is 6. The molecule has 4 aliphatic rings. The second-order valence-electron chi connectivity index (χ2n) is 13.3. The second kappa shape index (κ2) is 12.3. The summed E-state index contributed by atoms with van der Waals surface area (Å²) >= 11 is 0. The van der Waals surface area contributed by atoms with E-state index >= 15 is 0 Å². The Kier molecular flexibility index (Phi) is 9.96. The van der Waals surface area contributed by atoms with Gasteiger partial charge in [-0.3, -0.25) is 14.4 Å². The van der Waals surface area contributed by atoms with Crippen LogP contribution in [0.25, 0.3) is 0 Å². The number of hydrogen-bond donors (Lipinski definition) is 4. The fourth-order valence-corrected chi connectivity index (χ4v) is 6.60. The molecular weight excluding hydrogens is 483 g/mol. The summed E-state index contributed by atoms with van der Waals surface area (Å²) in [6, 6.07) is -1.49. The summed E-state index contributed by atoms with van der Waals surface area (Å²) in [5.41, 5.74) is 5.55. The van der Waals surface area contributed by atoms with E-state index in [4.69, 9.17) is 15.0 Å². The quantitative estimate of drug-likeness (QED) is 0.212. The Morgan fingerprint density at radius 2 is 1.63 bits per heavy atom. The molecule has 1 aliphatic heterocycles. The van der Waals surface area contributed by atoms with Crippen LogP contribution in [0.3, 0.4) is 0 Å². The molecule has 5 N–H and O–H groups in total. The molecule has 3 aliphatic carbocycles. The lowest BCUT2D eigenvalue weighted by molar-refractivity contribution is -0.199. The summed E-state index contributed by atoms with van der Waals surface area (Å²) in [4.78, 5) is 38.6. The largest absolute Gasteiger partial charge is 0.481 e. The third kappa shape index (κ3) is 6.56. The number of nitrogens with two attached hydrogens (primary N) is 1. The van der Waals surface area contributed by atoms with Crippen molar-refractivity contribution in [2.75, 3.05) is 6.54 Å². The van der Waals surface area contributed by atoms with Crippen molar-refractivity contribution >= 4 is 24.8 Å². The Bertz CT molecular complexity index is 868. The zero-order chi connectivity index (χ0) is 28.4. The molecule has 7 atom stereocenters. The van der Waals surface area contributed by atoms with E-state index in [1.54, 1.807) is 20.8 Å². The van der Waals surface area contributed by atoms with Gasteiger partial charge in [0.15, 0.2) is 0 Å². The molecule has 38 heavy (non-hydrogen) atoms. The maximum atomic E-state index is 13.6. The molecule has 4 rings (SSSR count). The SMILES string of the molecule is CC(C)CC(NC(=O)C(CCCCN)NC(=O)C(C)NC(=O)C(C)C)B1O[C@@H]2C[C@@H]3C[C@@H](C3(C)C)[C@]2(C)O1. The van der Waals surface area contributed by atoms with Crippen molar-refractivity contribution in [2.24, 2.45) is 34.8 Å². The molecule has 0 aromatic rings. The molecule has 0 aromatic heterocycles. The first kappa shape index (κ1) is 30.9. The summed E-state index contributed by atoms with van der Waals surface area (Å²) in [6.07, 6.45) is 4.78. The summed E-state index contributed by atoms with van der Waals surface area (Å²) in [6.45, 7) is 16.7. The minimum Gasteiger partial charge on any atom is -0.404 e. The number of nitrogens with one attached hydrogen (secondary N) is 3. The lowest BCUT2D eigenvalue weighted by Gasteiger charge is -2.64. The second-order valence-corrected chi connectivity index (χ2v) is 13.3. The highest BCUT2D eigenvalue weighted by Gasteiger charge is 2.68. The first-order valence-corrected chi connectivity index (χ1v) is 14.6. The molecule has 1 saturated heterocycles. The van der Waals surface area contributed by atoms with Gasteiger partial charge in [-0.25, -0.2) is 0 Å². The highest BCUT2D eigenvalue weighted by Crippen LogP contribution is 2.65. The predicted molar refractivity (Wildman–Crippen MR) is 149 cm³/mol. The van der Waals surface area contributed by atoms with Crippen molar-refractivity contribution in [3.05, 3.63) is 0 Å². The van der Waals surface area contributed by atoms with Crippen LogP contribution in [-0.2, 0) is 23.7 Å². The first-order valence-electron chi connectivity index (χ1n) is 14.6. The molecule has 216 valence electrons. The van der Waals surface area contributed by atoms with E-state index in [1.807, 2.05) is 0 Å². The van der Waals surface area contributed by atoms with E-state index in [2.05, 4.69) is 50.6 Å². The van der Waals surface area contributed by atoms with E-state index in [-0.39, 0.29) is 46.7 Å². The third-order valence-electron chi connectivity index (χ3n) is 9.21. The zero-order valence-corrected chi connectivity index (χ0v) is 24.8. The van der Waals surface area contributed by atoms with Crippen molar-refractivity contribution < 1.29 is 23.7 Å². The summed E-state index contributed by atoms with van der Waals surface area (Å²) in [5.74, 6) is -0.0424. The van der Waals surface area contributed by atoms with Crippen LogP contribution < -0.4 is 21.7 Å². The molecular formula is C28H51BN4O5. The number of unbranched alkanes of at least 4 members (excludes halogenated alkanes) is 1. The molecule has 3 unspecified atom stereocenters. The first-order chi connectivity index (χ1) is 17.7. The minimum atomic E-state index is -0.749. The minimum absolute atomic E-state index is 0.0290. The average Bonchev–Trinajstić information content (AvgIpc) is 3.19. The number of rotatable bonds is 13. The van der Waals surface area contributed by atoms with Crippen LogP contribution >= 0.6 is 0 Å². The van der Waals surface area contributed by atoms with Crippen molar-refractivity contribution in [3.63, 3.8) is 0 Å². The Hall–Kier alpha value is -1.65. The maximum absolute atomic E-state index is 13.6. The number of carbonyl (C=O) groups excluding carboxylic acids is 3. The van der Waals surface area contributed by atoms with Crippen LogP contribution in [0.5, 0.6) is 0 Å². The smallest absolute Gasteiger partial charge is 0.404 e. The van der Waals surface area contributed by atoms with E-state index in [0.717, 1.165) is 19.3 Å². The van der Waals surface area contributed by atoms with Gasteiger partial charge in [0.05, 0.1) is 17.6 Å². The molecule has 1 heterocycles. The lowest BCUT2D eigenvalue weighted by atomic mass is 9.43. The van der Waals surface area contributed by atoms with E-state index < -0.39 is 19.2 Å². The average molecular weight is 535 g/mol. The Morgan fingerprint density at radius 3 is 2.21 bits per heavy atom. The molecule has 0 spiro atoms. The fourth-order valence-electron chi connectivity index (χ4n) is 6.60. The monoisotopic (exact) mass is 534 g/mol. The molecule has 0 radical (unpaired) electrons. The fraction of sp³-hybridized carbons (Fsp3) is 0.893. The van der Waals surface area contributed by atoms with Gasteiger partial charge in [-0.05, 0) is 82.1 Å². The van der Waals surface area contributed by atoms with Gasteiger partial charge < -0.3 is 31.0 Å². The molecule has 3 amide bonds. The van der Waals surface area contributed by atoms with Gasteiger partial charge in [0.25, 0.3) is 0 Å². The van der Waals surface area contributed by atoms with Crippen molar-refractivity contribution in [1.29, 1.82) is 0 Å². The standard InChI is InChI=1S/C28H51BN4O5/c1-16(2)13-23(29-37-22-15-19-14-21(27(19,6)7)28(22,8)38-29)33-26(36)20(11-9-10-12-30)32-25(35)18(5)31-24(34)17(3)4/h16-23H,9-15,30H2,1-8H3,(H,31,34)(H,32,35)(H,33,36)/t18?,19-,20?,21-,22+,23?,28-/m0/s1. The van der Waals surface area contributed by atoms with Gasteiger partial charge in [-0.2, -0.15) is 0 Å². The summed E-state index contributed by atoms with van der Waals surface area (Å²) in [5, 5.41) is 8.74. The maximum Gasteiger partial charge on any atom is 0.481 e. The third-order valence-corrected chi connectivity index (χ3v) is 9.21. The molecule has 4 fully saturated rings. The molecule has 0 aromatic carbocycles.